The smallest absolute Gasteiger partial charge is 0.327 e. The van der Waals surface area contributed by atoms with Crippen LogP contribution in [0.3, 0.4) is 0 Å². The lowest BCUT2D eigenvalue weighted by atomic mass is 9.62. The number of carbonyl (C=O) groups excluding carboxylic acids is 3. The van der Waals surface area contributed by atoms with Gasteiger partial charge in [0.05, 0.1) is 13.2 Å². The van der Waals surface area contributed by atoms with E-state index in [1.54, 1.807) is 17.2 Å². The summed E-state index contributed by atoms with van der Waals surface area (Å²) in [6, 6.07) is 22.1. The number of allylic oxidation sites excluding steroid dienone is 1. The molecule has 0 aromatic heterocycles. The molecule has 2 aliphatic carbocycles. The molecule has 12 heteroatoms. The summed E-state index contributed by atoms with van der Waals surface area (Å²) in [5, 5.41) is 26.2. The lowest BCUT2D eigenvalue weighted by Crippen LogP contribution is -2.69. The molecule has 12 nitrogen and oxygen atoms in total. The maximum atomic E-state index is 14.4. The summed E-state index contributed by atoms with van der Waals surface area (Å²) < 4.78 is 19.5. The van der Waals surface area contributed by atoms with Crippen LogP contribution < -0.4 is 10.6 Å². The molecule has 2 bridgehead atoms. The number of hydroxylamine groups is 2. The molecule has 266 valence electrons. The van der Waals surface area contributed by atoms with Crippen molar-refractivity contribution in [2.75, 3.05) is 19.7 Å². The molecule has 2 amide bonds. The molecule has 4 N–H and O–H groups in total. The van der Waals surface area contributed by atoms with Crippen molar-refractivity contribution in [3.05, 3.63) is 107 Å². The molecule has 8 rings (SSSR count). The van der Waals surface area contributed by atoms with Crippen LogP contribution in [-0.4, -0.2) is 89.0 Å². The monoisotopic (exact) mass is 695 g/mol. The summed E-state index contributed by atoms with van der Waals surface area (Å²) in [4.78, 5) is 47.2. The quantitative estimate of drug-likeness (QED) is 0.220. The van der Waals surface area contributed by atoms with E-state index in [4.69, 9.17) is 24.2 Å². The number of fused-ring (bicyclic) bond motifs is 5. The van der Waals surface area contributed by atoms with Crippen molar-refractivity contribution >= 4 is 23.9 Å². The molecular weight excluding hydrogens is 654 g/mol. The molecule has 3 saturated heterocycles. The van der Waals surface area contributed by atoms with Crippen LogP contribution in [0.2, 0.25) is 0 Å². The number of phenols is 1. The van der Waals surface area contributed by atoms with Gasteiger partial charge in [0.25, 0.3) is 0 Å². The third-order valence-corrected chi connectivity index (χ3v) is 10.7. The molecule has 0 radical (unpaired) electrons. The summed E-state index contributed by atoms with van der Waals surface area (Å²) in [6.45, 7) is 0.188. The molecule has 4 fully saturated rings. The molecule has 3 aromatic carbocycles. The Morgan fingerprint density at radius 3 is 2.39 bits per heavy atom. The van der Waals surface area contributed by atoms with Gasteiger partial charge in [0.1, 0.15) is 35.6 Å². The van der Waals surface area contributed by atoms with Crippen LogP contribution in [0.4, 0.5) is 0 Å². The number of esters is 1. The fraction of sp³-hybridized carbons (Fsp3) is 0.410. The highest BCUT2D eigenvalue weighted by molar-refractivity contribution is 5.94. The lowest BCUT2D eigenvalue weighted by Gasteiger charge is -2.48. The largest absolute Gasteiger partial charge is 0.508 e. The van der Waals surface area contributed by atoms with E-state index < -0.39 is 53.5 Å². The Balaban J connectivity index is 1.04. The average Bonchev–Trinajstić information content (AvgIpc) is 3.80. The van der Waals surface area contributed by atoms with E-state index in [1.807, 2.05) is 60.7 Å². The number of hydrogen-bond donors (Lipinski definition) is 4. The van der Waals surface area contributed by atoms with E-state index in [2.05, 4.69) is 22.8 Å². The molecule has 5 aliphatic rings. The molecule has 1 spiro atoms. The number of aliphatic hydroxyl groups is 1. The summed E-state index contributed by atoms with van der Waals surface area (Å²) in [5.74, 6) is -1.97. The van der Waals surface area contributed by atoms with Crippen LogP contribution in [-0.2, 0) is 59.2 Å². The number of aliphatic hydroxyl groups excluding tert-OH is 1. The highest BCUT2D eigenvalue weighted by atomic mass is 16.8. The number of benzene rings is 3. The second-order valence-corrected chi connectivity index (χ2v) is 14.0. The minimum Gasteiger partial charge on any atom is -0.508 e. The van der Waals surface area contributed by atoms with Crippen LogP contribution in [0.1, 0.15) is 40.7 Å². The number of nitrogens with one attached hydrogen (secondary N) is 2. The number of para-hydroxylation sites is 1. The van der Waals surface area contributed by atoms with Crippen molar-refractivity contribution in [2.24, 2.45) is 5.41 Å². The van der Waals surface area contributed by atoms with Gasteiger partial charge in [-0.2, -0.15) is 5.06 Å². The highest BCUT2D eigenvalue weighted by Gasteiger charge is 2.76. The maximum Gasteiger partial charge on any atom is 0.327 e. The van der Waals surface area contributed by atoms with Crippen molar-refractivity contribution in [2.45, 2.75) is 74.9 Å². The van der Waals surface area contributed by atoms with Gasteiger partial charge in [-0.25, -0.2) is 0 Å². The van der Waals surface area contributed by atoms with E-state index in [-0.39, 0.29) is 50.7 Å². The van der Waals surface area contributed by atoms with Gasteiger partial charge < -0.3 is 35.1 Å². The van der Waals surface area contributed by atoms with Gasteiger partial charge in [-0.05, 0) is 40.3 Å². The van der Waals surface area contributed by atoms with Crippen LogP contribution in [0.5, 0.6) is 5.75 Å². The summed E-state index contributed by atoms with van der Waals surface area (Å²) in [6.07, 6.45) is 2.94. The van der Waals surface area contributed by atoms with Crippen molar-refractivity contribution in [3.63, 3.8) is 0 Å². The van der Waals surface area contributed by atoms with Crippen LogP contribution in [0, 0.1) is 5.41 Å². The third kappa shape index (κ3) is 6.10. The summed E-state index contributed by atoms with van der Waals surface area (Å²) >= 11 is 0. The Morgan fingerprint density at radius 1 is 0.922 bits per heavy atom. The number of aromatic hydroxyl groups is 1. The average molecular weight is 696 g/mol. The molecule has 3 aromatic rings. The predicted octanol–water partition coefficient (Wildman–Crippen LogP) is 2.34. The molecule has 51 heavy (non-hydrogen) atoms. The Hall–Kier alpha value is -4.59. The number of carbonyl (C=O) groups is 3. The number of nitrogens with zero attached hydrogens (tertiary/aromatic N) is 1. The van der Waals surface area contributed by atoms with Gasteiger partial charge in [-0.15, -0.1) is 0 Å². The van der Waals surface area contributed by atoms with Crippen LogP contribution >= 0.6 is 0 Å². The molecule has 3 heterocycles. The van der Waals surface area contributed by atoms with Crippen LogP contribution in [0.25, 0.3) is 6.08 Å². The van der Waals surface area contributed by atoms with E-state index in [9.17, 15) is 19.5 Å². The van der Waals surface area contributed by atoms with Crippen molar-refractivity contribution in [1.82, 2.24) is 15.7 Å². The number of ether oxygens (including phenoxy) is 3. The zero-order valence-corrected chi connectivity index (χ0v) is 28.0. The first kappa shape index (κ1) is 33.5. The zero-order chi connectivity index (χ0) is 35.2. The SMILES string of the molecule is O=C(CCNC(=O)C12CC3OC(=O)C1N(Cc1ccc(C=CCc4ccccc4O)cc1)OC2C1OC2(Cc4ccccc4C2)OC31)NCCO. The van der Waals surface area contributed by atoms with Gasteiger partial charge in [-0.1, -0.05) is 78.9 Å². The van der Waals surface area contributed by atoms with Crippen molar-refractivity contribution < 1.29 is 43.6 Å². The van der Waals surface area contributed by atoms with E-state index in [0.29, 0.717) is 19.3 Å². The first-order valence-electron chi connectivity index (χ1n) is 17.5. The van der Waals surface area contributed by atoms with Gasteiger partial charge in [0, 0.05) is 38.8 Å². The van der Waals surface area contributed by atoms with Gasteiger partial charge in [0.2, 0.25) is 11.8 Å². The summed E-state index contributed by atoms with van der Waals surface area (Å²) in [5.41, 5.74) is 3.57. The maximum absolute atomic E-state index is 14.4. The Kier molecular flexibility index (Phi) is 8.89. The minimum atomic E-state index is -1.35. The van der Waals surface area contributed by atoms with E-state index >= 15 is 0 Å². The number of phenolic OH excluding ortho intramolecular Hbond substituents is 1. The first-order valence-corrected chi connectivity index (χ1v) is 17.5. The first-order chi connectivity index (χ1) is 24.8. The molecule has 3 aliphatic heterocycles. The topological polar surface area (TPSA) is 156 Å². The predicted molar refractivity (Wildman–Crippen MR) is 182 cm³/mol. The molecule has 6 unspecified atom stereocenters. The normalized spacial score (nSPS) is 28.4. The third-order valence-electron chi connectivity index (χ3n) is 10.7. The summed E-state index contributed by atoms with van der Waals surface area (Å²) in [7, 11) is 0. The highest BCUT2D eigenvalue weighted by Crippen LogP contribution is 2.58. The molecule has 1 saturated carbocycles. The fourth-order valence-corrected chi connectivity index (χ4v) is 8.42. The molecular formula is C39H41N3O9. The number of rotatable bonds is 11. The lowest BCUT2D eigenvalue weighted by molar-refractivity contribution is -0.217. The van der Waals surface area contributed by atoms with E-state index in [1.165, 1.54) is 0 Å². The zero-order valence-electron chi connectivity index (χ0n) is 28.0. The fourth-order valence-electron chi connectivity index (χ4n) is 8.42. The van der Waals surface area contributed by atoms with Gasteiger partial charge in [0.15, 0.2) is 11.8 Å². The Morgan fingerprint density at radius 2 is 1.65 bits per heavy atom. The van der Waals surface area contributed by atoms with Crippen molar-refractivity contribution in [1.29, 1.82) is 0 Å². The van der Waals surface area contributed by atoms with Gasteiger partial charge >= 0.3 is 5.97 Å². The second-order valence-electron chi connectivity index (χ2n) is 14.0. The second kappa shape index (κ2) is 13.5. The Labute approximate surface area is 295 Å². The standard InChI is InChI=1S/C39H41N3O9/c43-19-18-40-31(45)16-17-41-37(47)39-22-30-32-33(50-38(49-32)20-27-8-1-2-9-28(27)21-38)35(39)51-42(34(39)36(46)48-30)23-25-14-12-24(13-15-25)6-5-10-26-7-3-4-11-29(26)44/h1-9,11-15,30,32-35,43-44H,10,16-23H2,(H,40,45)(H,41,47). The van der Waals surface area contributed by atoms with E-state index in [0.717, 1.165) is 27.8 Å². The minimum absolute atomic E-state index is 0.00986. The molecule has 6 atom stereocenters. The number of hydrogen-bond acceptors (Lipinski definition) is 10. The Bertz CT molecular complexity index is 1820. The van der Waals surface area contributed by atoms with Crippen LogP contribution in [0.15, 0.2) is 78.9 Å². The van der Waals surface area contributed by atoms with Gasteiger partial charge in [-0.3, -0.25) is 19.2 Å². The van der Waals surface area contributed by atoms with Crippen molar-refractivity contribution in [3.8, 4) is 5.75 Å². The number of amides is 2.